The summed E-state index contributed by atoms with van der Waals surface area (Å²) < 4.78 is 33.9. The van der Waals surface area contributed by atoms with Crippen LogP contribution in [0.15, 0.2) is 18.2 Å². The molecule has 152 valence electrons. The molecule has 0 aromatic carbocycles. The van der Waals surface area contributed by atoms with Crippen molar-refractivity contribution in [1.82, 2.24) is 14.7 Å². The molecule has 2 aliphatic rings. The number of methoxy groups -OCH3 is 1. The van der Waals surface area contributed by atoms with E-state index in [0.29, 0.717) is 35.3 Å². The number of thiophene rings is 1. The molecular formula is C19H24F2N4O2S. The zero-order valence-corrected chi connectivity index (χ0v) is 16.7. The summed E-state index contributed by atoms with van der Waals surface area (Å²) in [5.41, 5.74) is 0.723. The van der Waals surface area contributed by atoms with E-state index in [0.717, 1.165) is 18.5 Å². The lowest BCUT2D eigenvalue weighted by molar-refractivity contribution is 0.0507. The van der Waals surface area contributed by atoms with Gasteiger partial charge in [0.15, 0.2) is 5.06 Å². The van der Waals surface area contributed by atoms with Gasteiger partial charge in [0, 0.05) is 25.2 Å². The molecule has 0 spiro atoms. The number of aryl methyl sites for hydroxylation is 1. The first-order valence-electron chi connectivity index (χ1n) is 9.50. The number of anilines is 1. The van der Waals surface area contributed by atoms with E-state index in [9.17, 15) is 13.6 Å². The molecule has 0 aliphatic carbocycles. The Morgan fingerprint density at radius 1 is 1.43 bits per heavy atom. The number of fused-ring (bicyclic) bond motifs is 1. The summed E-state index contributed by atoms with van der Waals surface area (Å²) >= 11 is 1.33. The molecule has 1 N–H and O–H groups in total. The number of piperidine rings is 1. The Bertz CT molecular complexity index is 853. The number of likely N-dealkylation sites (tertiary alicyclic amines) is 1. The van der Waals surface area contributed by atoms with Crippen molar-refractivity contribution in [3.63, 3.8) is 0 Å². The molecule has 2 aromatic rings. The summed E-state index contributed by atoms with van der Waals surface area (Å²) in [7, 11) is 1.58. The predicted molar refractivity (Wildman–Crippen MR) is 104 cm³/mol. The number of hydrogen-bond donors (Lipinski definition) is 1. The molecule has 9 heteroatoms. The first kappa shape index (κ1) is 19.2. The van der Waals surface area contributed by atoms with Gasteiger partial charge in [-0.1, -0.05) is 11.3 Å². The van der Waals surface area contributed by atoms with Gasteiger partial charge in [-0.15, -0.1) is 0 Å². The summed E-state index contributed by atoms with van der Waals surface area (Å²) in [6, 6.07) is 4.35. The number of amides is 1. The number of halogens is 2. The van der Waals surface area contributed by atoms with E-state index in [-0.39, 0.29) is 17.9 Å². The zero-order chi connectivity index (χ0) is 19.8. The highest BCUT2D eigenvalue weighted by atomic mass is 32.1. The fraction of sp³-hybridized carbons (Fsp3) is 0.579. The van der Waals surface area contributed by atoms with Crippen LogP contribution in [0, 0.1) is 12.8 Å². The van der Waals surface area contributed by atoms with E-state index < -0.39 is 12.5 Å². The SMILES string of the molecule is COc1ccc(C(=O)N2CCCC([C@@H]3C[C@H](C(F)F)n4nc(C)cc4N3)C2)s1. The van der Waals surface area contributed by atoms with Crippen LogP contribution in [0.4, 0.5) is 14.6 Å². The monoisotopic (exact) mass is 410 g/mol. The average molecular weight is 410 g/mol. The van der Waals surface area contributed by atoms with Crippen LogP contribution < -0.4 is 10.1 Å². The molecule has 1 saturated heterocycles. The summed E-state index contributed by atoms with van der Waals surface area (Å²) in [5, 5.41) is 8.33. The summed E-state index contributed by atoms with van der Waals surface area (Å²) in [4.78, 5) is 15.3. The van der Waals surface area contributed by atoms with Crippen LogP contribution in [0.5, 0.6) is 5.06 Å². The lowest BCUT2D eigenvalue weighted by atomic mass is 9.86. The number of carbonyl (C=O) groups excluding carboxylic acids is 1. The third-order valence-corrected chi connectivity index (χ3v) is 6.63. The van der Waals surface area contributed by atoms with Crippen LogP contribution in [0.3, 0.4) is 0 Å². The van der Waals surface area contributed by atoms with Gasteiger partial charge in [-0.2, -0.15) is 5.10 Å². The van der Waals surface area contributed by atoms with E-state index in [1.807, 2.05) is 11.0 Å². The van der Waals surface area contributed by atoms with Crippen LogP contribution in [0.1, 0.15) is 40.7 Å². The third kappa shape index (κ3) is 3.59. The average Bonchev–Trinajstić information content (AvgIpc) is 3.32. The van der Waals surface area contributed by atoms with Gasteiger partial charge in [0.05, 0.1) is 17.7 Å². The second-order valence-corrected chi connectivity index (χ2v) is 8.53. The summed E-state index contributed by atoms with van der Waals surface area (Å²) in [6.45, 7) is 3.07. The van der Waals surface area contributed by atoms with E-state index in [1.54, 1.807) is 26.2 Å². The lowest BCUT2D eigenvalue weighted by Crippen LogP contribution is -2.48. The van der Waals surface area contributed by atoms with E-state index in [1.165, 1.54) is 16.0 Å². The van der Waals surface area contributed by atoms with Gasteiger partial charge in [0.1, 0.15) is 11.9 Å². The Kier molecular flexibility index (Phi) is 5.27. The van der Waals surface area contributed by atoms with E-state index >= 15 is 0 Å². The van der Waals surface area contributed by atoms with Crippen molar-refractivity contribution in [3.8, 4) is 5.06 Å². The summed E-state index contributed by atoms with van der Waals surface area (Å²) in [6.07, 6.45) is -0.374. The predicted octanol–water partition coefficient (Wildman–Crippen LogP) is 3.80. The molecule has 3 atom stereocenters. The number of alkyl halides is 2. The number of aromatic nitrogens is 2. The van der Waals surface area contributed by atoms with Crippen molar-refractivity contribution in [2.45, 2.75) is 44.7 Å². The minimum atomic E-state index is -2.47. The van der Waals surface area contributed by atoms with Crippen molar-refractivity contribution < 1.29 is 18.3 Å². The Morgan fingerprint density at radius 2 is 2.25 bits per heavy atom. The van der Waals surface area contributed by atoms with Crippen molar-refractivity contribution in [3.05, 3.63) is 28.8 Å². The number of rotatable bonds is 4. The largest absolute Gasteiger partial charge is 0.487 e. The molecule has 28 heavy (non-hydrogen) atoms. The minimum Gasteiger partial charge on any atom is -0.487 e. The van der Waals surface area contributed by atoms with Crippen LogP contribution >= 0.6 is 11.3 Å². The van der Waals surface area contributed by atoms with Crippen molar-refractivity contribution in [2.75, 3.05) is 25.5 Å². The lowest BCUT2D eigenvalue weighted by Gasteiger charge is -2.41. The van der Waals surface area contributed by atoms with Gasteiger partial charge in [-0.3, -0.25) is 4.79 Å². The third-order valence-electron chi connectivity index (χ3n) is 5.60. The Hall–Kier alpha value is -2.16. The Balaban J connectivity index is 1.49. The number of carbonyl (C=O) groups is 1. The van der Waals surface area contributed by atoms with Gasteiger partial charge >= 0.3 is 0 Å². The molecule has 4 rings (SSSR count). The fourth-order valence-electron chi connectivity index (χ4n) is 4.23. The minimum absolute atomic E-state index is 0.0138. The van der Waals surface area contributed by atoms with Gasteiger partial charge in [-0.05, 0) is 44.2 Å². The van der Waals surface area contributed by atoms with Crippen LogP contribution in [-0.2, 0) is 0 Å². The van der Waals surface area contributed by atoms with Crippen molar-refractivity contribution in [1.29, 1.82) is 0 Å². The maximum Gasteiger partial charge on any atom is 0.264 e. The number of nitrogens with one attached hydrogen (secondary N) is 1. The highest BCUT2D eigenvalue weighted by Crippen LogP contribution is 2.37. The maximum absolute atomic E-state index is 13.6. The smallest absolute Gasteiger partial charge is 0.264 e. The number of ether oxygens (including phenoxy) is 1. The van der Waals surface area contributed by atoms with Gasteiger partial charge in [-0.25, -0.2) is 13.5 Å². The summed E-state index contributed by atoms with van der Waals surface area (Å²) in [5.74, 6) is 0.760. The Labute approximate surface area is 166 Å². The molecule has 0 bridgehead atoms. The normalized spacial score (nSPS) is 24.8. The van der Waals surface area contributed by atoms with Crippen LogP contribution in [-0.4, -0.2) is 53.3 Å². The number of nitrogens with zero attached hydrogens (tertiary/aromatic N) is 3. The van der Waals surface area contributed by atoms with Crippen molar-refractivity contribution >= 4 is 23.1 Å². The second kappa shape index (κ2) is 7.69. The van der Waals surface area contributed by atoms with Crippen molar-refractivity contribution in [2.24, 2.45) is 5.92 Å². The number of hydrogen-bond acceptors (Lipinski definition) is 5. The first-order valence-corrected chi connectivity index (χ1v) is 10.3. The van der Waals surface area contributed by atoms with Gasteiger partial charge < -0.3 is 15.0 Å². The van der Waals surface area contributed by atoms with E-state index in [2.05, 4.69) is 10.4 Å². The standard InChI is InChI=1S/C19H24F2N4O2S/c1-11-8-16-22-13(9-14(18(20)21)25(16)23-11)12-4-3-7-24(10-12)19(26)15-5-6-17(27-2)28-15/h5-6,8,12-14,18,22H,3-4,7,9-10H2,1-2H3/t12?,13-,14+/m0/s1. The highest BCUT2D eigenvalue weighted by Gasteiger charge is 2.39. The van der Waals surface area contributed by atoms with Crippen LogP contribution in [0.25, 0.3) is 0 Å². The first-order chi connectivity index (χ1) is 13.5. The molecule has 6 nitrogen and oxygen atoms in total. The maximum atomic E-state index is 13.6. The molecule has 0 saturated carbocycles. The molecule has 1 fully saturated rings. The van der Waals surface area contributed by atoms with Gasteiger partial charge in [0.2, 0.25) is 0 Å². The highest BCUT2D eigenvalue weighted by molar-refractivity contribution is 7.15. The van der Waals surface area contributed by atoms with Gasteiger partial charge in [0.25, 0.3) is 12.3 Å². The van der Waals surface area contributed by atoms with Crippen LogP contribution in [0.2, 0.25) is 0 Å². The molecule has 0 radical (unpaired) electrons. The topological polar surface area (TPSA) is 59.4 Å². The molecule has 1 amide bonds. The zero-order valence-electron chi connectivity index (χ0n) is 15.9. The quantitative estimate of drug-likeness (QED) is 0.833. The fourth-order valence-corrected chi connectivity index (χ4v) is 5.02. The molecular weight excluding hydrogens is 386 g/mol. The molecule has 2 aliphatic heterocycles. The second-order valence-electron chi connectivity index (χ2n) is 7.48. The molecule has 2 aromatic heterocycles. The Morgan fingerprint density at radius 3 is 2.96 bits per heavy atom. The molecule has 1 unspecified atom stereocenters. The van der Waals surface area contributed by atoms with E-state index in [4.69, 9.17) is 4.74 Å². The molecule has 4 heterocycles.